The number of carbonyl (C=O) groups is 1. The molecule has 2 fully saturated rings. The number of nitrogens with one attached hydrogen (secondary N) is 1. The Kier molecular flexibility index (Phi) is 4.96. The van der Waals surface area contributed by atoms with Crippen LogP contribution in [0, 0.1) is 12.8 Å². The van der Waals surface area contributed by atoms with Crippen molar-refractivity contribution in [2.75, 3.05) is 18.0 Å². The van der Waals surface area contributed by atoms with Crippen molar-refractivity contribution in [3.8, 4) is 0 Å². The molecule has 1 amide bonds. The second-order valence-corrected chi connectivity index (χ2v) is 6.87. The van der Waals surface area contributed by atoms with Crippen molar-refractivity contribution in [3.05, 3.63) is 23.9 Å². The van der Waals surface area contributed by atoms with Gasteiger partial charge in [-0.25, -0.2) is 4.98 Å². The minimum atomic E-state index is 0.263. The lowest BCUT2D eigenvalue weighted by atomic mass is 10.0. The molecule has 1 aromatic heterocycles. The molecular weight excluding hydrogens is 274 g/mol. The number of carbonyl (C=O) groups excluding carboxylic acids is 1. The lowest BCUT2D eigenvalue weighted by molar-refractivity contribution is -0.122. The average molecular weight is 301 g/mol. The molecule has 0 spiro atoms. The summed E-state index contributed by atoms with van der Waals surface area (Å²) in [6.07, 6.45) is 9.74. The van der Waals surface area contributed by atoms with E-state index in [1.807, 2.05) is 12.3 Å². The Balaban J connectivity index is 1.44. The van der Waals surface area contributed by atoms with Crippen LogP contribution in [0.2, 0.25) is 0 Å². The van der Waals surface area contributed by atoms with Crippen molar-refractivity contribution in [2.24, 2.45) is 5.92 Å². The third-order valence-electron chi connectivity index (χ3n) is 5.03. The van der Waals surface area contributed by atoms with E-state index in [2.05, 4.69) is 28.2 Å². The molecule has 0 unspecified atom stereocenters. The normalized spacial score (nSPS) is 20.3. The van der Waals surface area contributed by atoms with Gasteiger partial charge in [-0.05, 0) is 56.2 Å². The van der Waals surface area contributed by atoms with Crippen molar-refractivity contribution in [1.29, 1.82) is 0 Å². The molecule has 22 heavy (non-hydrogen) atoms. The van der Waals surface area contributed by atoms with Crippen LogP contribution in [-0.2, 0) is 4.79 Å². The summed E-state index contributed by atoms with van der Waals surface area (Å²) in [5, 5.41) is 3.24. The molecule has 0 bridgehead atoms. The van der Waals surface area contributed by atoms with Crippen molar-refractivity contribution >= 4 is 11.7 Å². The van der Waals surface area contributed by atoms with Gasteiger partial charge in [0.2, 0.25) is 5.91 Å². The minimum absolute atomic E-state index is 0.263. The van der Waals surface area contributed by atoms with Gasteiger partial charge in [0.15, 0.2) is 0 Å². The summed E-state index contributed by atoms with van der Waals surface area (Å²) in [4.78, 5) is 18.9. The van der Waals surface area contributed by atoms with Crippen molar-refractivity contribution in [1.82, 2.24) is 10.3 Å². The summed E-state index contributed by atoms with van der Waals surface area (Å²) < 4.78 is 0. The number of amides is 1. The lowest BCUT2D eigenvalue weighted by Gasteiger charge is -2.33. The molecule has 0 radical (unpaired) electrons. The first-order valence-electron chi connectivity index (χ1n) is 8.67. The highest BCUT2D eigenvalue weighted by Gasteiger charge is 2.23. The Labute approximate surface area is 133 Å². The van der Waals surface area contributed by atoms with Crippen LogP contribution in [0.25, 0.3) is 0 Å². The first kappa shape index (κ1) is 15.3. The fourth-order valence-corrected chi connectivity index (χ4v) is 3.71. The Bertz CT molecular complexity index is 503. The van der Waals surface area contributed by atoms with E-state index in [0.29, 0.717) is 12.0 Å². The van der Waals surface area contributed by atoms with Crippen LogP contribution in [0.15, 0.2) is 18.3 Å². The largest absolute Gasteiger partial charge is 0.356 e. The smallest absolute Gasteiger partial charge is 0.220 e. The van der Waals surface area contributed by atoms with E-state index in [1.54, 1.807) is 0 Å². The van der Waals surface area contributed by atoms with E-state index in [9.17, 15) is 4.79 Å². The topological polar surface area (TPSA) is 45.2 Å². The summed E-state index contributed by atoms with van der Waals surface area (Å²) in [5.74, 6) is 1.96. The molecule has 120 valence electrons. The highest BCUT2D eigenvalue weighted by Crippen LogP contribution is 2.27. The number of nitrogens with zero attached hydrogens (tertiary/aromatic N) is 2. The molecule has 2 heterocycles. The van der Waals surface area contributed by atoms with Crippen molar-refractivity contribution < 1.29 is 4.79 Å². The first-order valence-corrected chi connectivity index (χ1v) is 8.67. The van der Waals surface area contributed by atoms with Gasteiger partial charge in [-0.3, -0.25) is 4.79 Å². The first-order chi connectivity index (χ1) is 10.7. The number of pyridine rings is 1. The molecule has 1 saturated heterocycles. The van der Waals surface area contributed by atoms with Gasteiger partial charge in [0.05, 0.1) is 0 Å². The van der Waals surface area contributed by atoms with Crippen LogP contribution in [0.4, 0.5) is 5.82 Å². The predicted molar refractivity (Wildman–Crippen MR) is 88.9 cm³/mol. The second kappa shape index (κ2) is 7.12. The molecule has 0 aromatic carbocycles. The third-order valence-corrected chi connectivity index (χ3v) is 5.03. The zero-order chi connectivity index (χ0) is 15.4. The summed E-state index contributed by atoms with van der Waals surface area (Å²) in [5.41, 5.74) is 1.25. The average Bonchev–Trinajstić information content (AvgIpc) is 3.01. The Hall–Kier alpha value is -1.58. The maximum absolute atomic E-state index is 12.1. The Morgan fingerprint density at radius 2 is 2.00 bits per heavy atom. The zero-order valence-electron chi connectivity index (χ0n) is 13.6. The molecule has 2 aliphatic rings. The molecule has 4 nitrogen and oxygen atoms in total. The highest BCUT2D eigenvalue weighted by molar-refractivity contribution is 5.76. The quantitative estimate of drug-likeness (QED) is 0.929. The molecule has 4 heteroatoms. The summed E-state index contributed by atoms with van der Waals surface area (Å²) in [7, 11) is 0. The van der Waals surface area contributed by atoms with Gasteiger partial charge in [-0.1, -0.05) is 12.8 Å². The van der Waals surface area contributed by atoms with Gasteiger partial charge in [-0.2, -0.15) is 0 Å². The maximum atomic E-state index is 12.1. The van der Waals surface area contributed by atoms with E-state index < -0.39 is 0 Å². The van der Waals surface area contributed by atoms with E-state index in [0.717, 1.165) is 38.2 Å². The van der Waals surface area contributed by atoms with Crippen LogP contribution < -0.4 is 10.2 Å². The Morgan fingerprint density at radius 3 is 2.68 bits per heavy atom. The Morgan fingerprint density at radius 1 is 1.27 bits per heavy atom. The number of rotatable bonds is 4. The van der Waals surface area contributed by atoms with E-state index in [1.165, 1.54) is 31.2 Å². The third kappa shape index (κ3) is 3.99. The summed E-state index contributed by atoms with van der Waals surface area (Å²) in [6, 6.07) is 4.51. The van der Waals surface area contributed by atoms with Gasteiger partial charge in [0.1, 0.15) is 5.82 Å². The van der Waals surface area contributed by atoms with Crippen molar-refractivity contribution in [3.63, 3.8) is 0 Å². The number of piperidine rings is 1. The number of hydrogen-bond donors (Lipinski definition) is 1. The van der Waals surface area contributed by atoms with Gasteiger partial charge < -0.3 is 10.2 Å². The molecule has 1 N–H and O–H groups in total. The molecular formula is C18H27N3O. The fourth-order valence-electron chi connectivity index (χ4n) is 3.71. The van der Waals surface area contributed by atoms with E-state index >= 15 is 0 Å². The zero-order valence-corrected chi connectivity index (χ0v) is 13.6. The van der Waals surface area contributed by atoms with Gasteiger partial charge >= 0.3 is 0 Å². The summed E-state index contributed by atoms with van der Waals surface area (Å²) >= 11 is 0. The monoisotopic (exact) mass is 301 g/mol. The van der Waals surface area contributed by atoms with Crippen LogP contribution in [0.5, 0.6) is 0 Å². The molecule has 0 atom stereocenters. The highest BCUT2D eigenvalue weighted by atomic mass is 16.1. The number of aromatic nitrogens is 1. The fraction of sp³-hybridized carbons (Fsp3) is 0.667. The number of aryl methyl sites for hydroxylation is 1. The lowest BCUT2D eigenvalue weighted by Crippen LogP contribution is -2.45. The van der Waals surface area contributed by atoms with Gasteiger partial charge in [-0.15, -0.1) is 0 Å². The van der Waals surface area contributed by atoms with Gasteiger partial charge in [0, 0.05) is 31.7 Å². The van der Waals surface area contributed by atoms with E-state index in [-0.39, 0.29) is 5.91 Å². The van der Waals surface area contributed by atoms with Crippen molar-refractivity contribution in [2.45, 2.75) is 57.9 Å². The molecule has 1 saturated carbocycles. The van der Waals surface area contributed by atoms with Gasteiger partial charge in [0.25, 0.3) is 0 Å². The van der Waals surface area contributed by atoms with Crippen LogP contribution in [0.3, 0.4) is 0 Å². The van der Waals surface area contributed by atoms with Crippen LogP contribution in [0.1, 0.15) is 50.5 Å². The molecule has 1 aromatic rings. The number of anilines is 1. The van der Waals surface area contributed by atoms with E-state index in [4.69, 9.17) is 0 Å². The van der Waals surface area contributed by atoms with Crippen LogP contribution in [-0.4, -0.2) is 30.0 Å². The standard InChI is InChI=1S/C18H27N3O/c1-14-6-9-19-17(12-14)21-10-7-16(8-11-21)20-18(22)13-15-4-2-3-5-15/h6,9,12,15-16H,2-5,7-8,10-11,13H2,1H3,(H,20,22). The maximum Gasteiger partial charge on any atom is 0.220 e. The SMILES string of the molecule is Cc1ccnc(N2CCC(NC(=O)CC3CCCC3)CC2)c1. The molecule has 1 aliphatic carbocycles. The summed E-state index contributed by atoms with van der Waals surface area (Å²) in [6.45, 7) is 4.05. The second-order valence-electron chi connectivity index (χ2n) is 6.87. The van der Waals surface area contributed by atoms with Crippen LogP contribution >= 0.6 is 0 Å². The minimum Gasteiger partial charge on any atom is -0.356 e. The number of hydrogen-bond acceptors (Lipinski definition) is 3. The predicted octanol–water partition coefficient (Wildman–Crippen LogP) is 3.06. The molecule has 1 aliphatic heterocycles. The molecule has 3 rings (SSSR count).